The molecule has 0 bridgehead atoms. The first-order valence-corrected chi connectivity index (χ1v) is 9.99. The van der Waals surface area contributed by atoms with Crippen LogP contribution in [0.15, 0.2) is 61.5 Å². The molecular formula is C17H18ClN5OS2. The zero-order valence-corrected chi connectivity index (χ0v) is 16.4. The maximum atomic E-state index is 10.7. The predicted molar refractivity (Wildman–Crippen MR) is 112 cm³/mol. The van der Waals surface area contributed by atoms with Crippen molar-refractivity contribution in [2.45, 2.75) is 16.0 Å². The van der Waals surface area contributed by atoms with E-state index >= 15 is 0 Å². The molecular weight excluding hydrogens is 390 g/mol. The number of thioether (sulfide) groups is 2. The fourth-order valence-corrected chi connectivity index (χ4v) is 4.66. The molecule has 2 aromatic rings. The number of allylic oxidation sites excluding steroid dienone is 1. The summed E-state index contributed by atoms with van der Waals surface area (Å²) in [5.74, 6) is 5.30. The molecule has 9 heteroatoms. The molecule has 1 unspecified atom stereocenters. The molecule has 0 saturated carbocycles. The summed E-state index contributed by atoms with van der Waals surface area (Å²) in [4.78, 5) is 5.86. The third kappa shape index (κ3) is 4.25. The van der Waals surface area contributed by atoms with E-state index in [2.05, 4.69) is 26.7 Å². The number of anilines is 1. The third-order valence-electron chi connectivity index (χ3n) is 3.78. The number of halogens is 1. The molecule has 0 aliphatic carbocycles. The summed E-state index contributed by atoms with van der Waals surface area (Å²) in [6, 6.07) is 9.58. The Morgan fingerprint density at radius 1 is 1.42 bits per heavy atom. The van der Waals surface area contributed by atoms with E-state index in [-0.39, 0.29) is 10.5 Å². The standard InChI is InChI=1S/C17H18ClN5OS2/c1-20-17(22-23-19)26-14-8-13(21-9-10-6-7-15(18)25-10)11-4-2-3-5-12(11)16(14)24/h2-6,8,15,21,24H,7,9H2,1H3,(H2,19,20,22). The topological polar surface area (TPSA) is 95.4 Å². The highest BCUT2D eigenvalue weighted by Gasteiger charge is 2.17. The Labute approximate surface area is 165 Å². The Balaban J connectivity index is 1.94. The lowest BCUT2D eigenvalue weighted by molar-refractivity contribution is 0.469. The number of hydrogen-bond donors (Lipinski definition) is 3. The number of nitrogens with one attached hydrogen (secondary N) is 1. The minimum absolute atomic E-state index is 0.111. The highest BCUT2D eigenvalue weighted by molar-refractivity contribution is 8.14. The number of rotatable bonds is 4. The number of nitrogens with two attached hydrogens (primary N) is 1. The molecule has 0 saturated heterocycles. The van der Waals surface area contributed by atoms with E-state index < -0.39 is 0 Å². The number of benzene rings is 2. The van der Waals surface area contributed by atoms with Gasteiger partial charge < -0.3 is 16.3 Å². The first-order valence-electron chi connectivity index (χ1n) is 7.86. The lowest BCUT2D eigenvalue weighted by atomic mass is 10.1. The molecule has 136 valence electrons. The van der Waals surface area contributed by atoms with Crippen molar-refractivity contribution in [2.75, 3.05) is 18.9 Å². The summed E-state index contributed by atoms with van der Waals surface area (Å²) in [7, 11) is 1.60. The molecule has 1 aliphatic rings. The van der Waals surface area contributed by atoms with Crippen LogP contribution in [0, 0.1) is 0 Å². The van der Waals surface area contributed by atoms with Gasteiger partial charge in [0, 0.05) is 35.0 Å². The maximum Gasteiger partial charge on any atom is 0.210 e. The molecule has 26 heavy (non-hydrogen) atoms. The highest BCUT2D eigenvalue weighted by Crippen LogP contribution is 2.41. The minimum atomic E-state index is 0.111. The lowest BCUT2D eigenvalue weighted by Gasteiger charge is -2.14. The number of phenolic OH excluding ortho intramolecular Hbond substituents is 1. The van der Waals surface area contributed by atoms with Crippen molar-refractivity contribution >= 4 is 56.8 Å². The van der Waals surface area contributed by atoms with Crippen LogP contribution in [0.5, 0.6) is 5.75 Å². The zero-order valence-electron chi connectivity index (χ0n) is 14.0. The quantitative estimate of drug-likeness (QED) is 0.0974. The molecule has 4 N–H and O–H groups in total. The van der Waals surface area contributed by atoms with Gasteiger partial charge in [0.05, 0.1) is 9.60 Å². The van der Waals surface area contributed by atoms with E-state index in [0.717, 1.165) is 22.9 Å². The zero-order chi connectivity index (χ0) is 18.5. The van der Waals surface area contributed by atoms with E-state index in [4.69, 9.17) is 17.4 Å². The van der Waals surface area contributed by atoms with Gasteiger partial charge in [-0.1, -0.05) is 35.6 Å². The van der Waals surface area contributed by atoms with Crippen molar-refractivity contribution in [1.82, 2.24) is 0 Å². The smallest absolute Gasteiger partial charge is 0.210 e. The van der Waals surface area contributed by atoms with Gasteiger partial charge in [0.15, 0.2) is 0 Å². The number of hydrogen-bond acceptors (Lipinski definition) is 6. The van der Waals surface area contributed by atoms with Crippen LogP contribution < -0.4 is 11.2 Å². The van der Waals surface area contributed by atoms with Crippen LogP contribution in [0.4, 0.5) is 5.69 Å². The normalized spacial score (nSPS) is 17.8. The molecule has 0 spiro atoms. The van der Waals surface area contributed by atoms with Crippen LogP contribution in [-0.2, 0) is 0 Å². The molecule has 1 aliphatic heterocycles. The van der Waals surface area contributed by atoms with Crippen LogP contribution in [0.3, 0.4) is 0 Å². The molecule has 0 radical (unpaired) electrons. The van der Waals surface area contributed by atoms with Gasteiger partial charge in [0.2, 0.25) is 5.17 Å². The van der Waals surface area contributed by atoms with Gasteiger partial charge >= 0.3 is 0 Å². The fourth-order valence-electron chi connectivity index (χ4n) is 2.60. The fraction of sp³-hybridized carbons (Fsp3) is 0.235. The summed E-state index contributed by atoms with van der Waals surface area (Å²) in [5, 5.41) is 23.2. The second kappa shape index (κ2) is 8.66. The van der Waals surface area contributed by atoms with E-state index in [1.54, 1.807) is 18.8 Å². The average molecular weight is 408 g/mol. The van der Waals surface area contributed by atoms with Gasteiger partial charge in [0.25, 0.3) is 0 Å². The van der Waals surface area contributed by atoms with Crippen LogP contribution in [-0.4, -0.2) is 28.6 Å². The lowest BCUT2D eigenvalue weighted by Crippen LogP contribution is -2.03. The van der Waals surface area contributed by atoms with Gasteiger partial charge in [-0.3, -0.25) is 4.99 Å². The summed E-state index contributed by atoms with van der Waals surface area (Å²) in [5.41, 5.74) is 0.917. The van der Waals surface area contributed by atoms with Crippen molar-refractivity contribution in [3.63, 3.8) is 0 Å². The van der Waals surface area contributed by atoms with Crippen LogP contribution in [0.2, 0.25) is 0 Å². The average Bonchev–Trinajstić information content (AvgIpc) is 3.07. The Kier molecular flexibility index (Phi) is 6.29. The number of nitrogens with zero attached hydrogens (tertiary/aromatic N) is 3. The molecule has 2 aromatic carbocycles. The molecule has 1 heterocycles. The number of amidine groups is 1. The number of phenols is 1. The first kappa shape index (κ1) is 18.9. The van der Waals surface area contributed by atoms with Gasteiger partial charge in [-0.05, 0) is 24.2 Å². The van der Waals surface area contributed by atoms with Crippen LogP contribution >= 0.6 is 35.1 Å². The number of aromatic hydroxyl groups is 1. The van der Waals surface area contributed by atoms with Crippen molar-refractivity contribution in [2.24, 2.45) is 21.2 Å². The number of alkyl halides is 1. The highest BCUT2D eigenvalue weighted by atomic mass is 35.5. The SMILES string of the molecule is CN=C(N=NN)Sc1cc(NCC2=CCC(Cl)S2)c2ccccc2c1O. The molecule has 6 nitrogen and oxygen atoms in total. The minimum Gasteiger partial charge on any atom is -0.506 e. The van der Waals surface area contributed by atoms with E-state index in [1.807, 2.05) is 30.3 Å². The monoisotopic (exact) mass is 407 g/mol. The molecule has 0 amide bonds. The molecule has 3 rings (SSSR count). The van der Waals surface area contributed by atoms with Crippen molar-refractivity contribution in [3.8, 4) is 5.75 Å². The second-order valence-corrected chi connectivity index (χ2v) is 8.55. The largest absolute Gasteiger partial charge is 0.506 e. The van der Waals surface area contributed by atoms with Gasteiger partial charge in [-0.15, -0.1) is 28.5 Å². The maximum absolute atomic E-state index is 10.7. The van der Waals surface area contributed by atoms with Crippen LogP contribution in [0.1, 0.15) is 6.42 Å². The predicted octanol–water partition coefficient (Wildman–Crippen LogP) is 4.95. The summed E-state index contributed by atoms with van der Waals surface area (Å²) in [6.45, 7) is 0.685. The van der Waals surface area contributed by atoms with Crippen molar-refractivity contribution < 1.29 is 5.11 Å². The van der Waals surface area contributed by atoms with Crippen molar-refractivity contribution in [3.05, 3.63) is 41.3 Å². The first-order chi connectivity index (χ1) is 12.6. The molecule has 1 atom stereocenters. The Morgan fingerprint density at radius 2 is 2.19 bits per heavy atom. The van der Waals surface area contributed by atoms with E-state index in [9.17, 15) is 5.11 Å². The van der Waals surface area contributed by atoms with Crippen molar-refractivity contribution in [1.29, 1.82) is 0 Å². The van der Waals surface area contributed by atoms with E-state index in [0.29, 0.717) is 16.6 Å². The van der Waals surface area contributed by atoms with Gasteiger partial charge in [0.1, 0.15) is 5.75 Å². The summed E-state index contributed by atoms with van der Waals surface area (Å²) >= 11 is 9.01. The molecule has 0 fully saturated rings. The third-order valence-corrected chi connectivity index (χ3v) is 6.27. The summed E-state index contributed by atoms with van der Waals surface area (Å²) in [6.07, 6.45) is 3.03. The van der Waals surface area contributed by atoms with E-state index in [1.165, 1.54) is 16.7 Å². The Morgan fingerprint density at radius 3 is 2.85 bits per heavy atom. The number of fused-ring (bicyclic) bond motifs is 1. The Hall–Kier alpha value is -1.90. The Bertz CT molecular complexity index is 900. The number of aliphatic imine (C=N–C) groups is 1. The summed E-state index contributed by atoms with van der Waals surface area (Å²) < 4.78 is 0.111. The molecule has 0 aromatic heterocycles. The van der Waals surface area contributed by atoms with Gasteiger partial charge in [-0.2, -0.15) is 0 Å². The van der Waals surface area contributed by atoms with Gasteiger partial charge in [-0.25, -0.2) is 0 Å². The van der Waals surface area contributed by atoms with Crippen LogP contribution in [0.25, 0.3) is 10.8 Å². The second-order valence-electron chi connectivity index (χ2n) is 5.43.